The van der Waals surface area contributed by atoms with Crippen molar-refractivity contribution in [1.82, 2.24) is 19.9 Å². The van der Waals surface area contributed by atoms with E-state index >= 15 is 0 Å². The van der Waals surface area contributed by atoms with Crippen LogP contribution in [-0.4, -0.2) is 19.9 Å². The van der Waals surface area contributed by atoms with E-state index in [9.17, 15) is 0 Å². The van der Waals surface area contributed by atoms with Crippen LogP contribution in [0.3, 0.4) is 0 Å². The number of nitrogens with zero attached hydrogens (tertiary/aromatic N) is 4. The second-order valence-electron chi connectivity index (χ2n) is 8.41. The zero-order valence-corrected chi connectivity index (χ0v) is 18.2. The summed E-state index contributed by atoms with van der Waals surface area (Å²) in [6, 6.07) is 29.1. The number of rotatable bonds is 2. The Morgan fingerprint density at radius 3 is 1.32 bits per heavy atom. The van der Waals surface area contributed by atoms with Crippen LogP contribution < -0.4 is 0 Å². The Hall–Kier alpha value is -4.70. The molecule has 158 valence electrons. The fourth-order valence-corrected chi connectivity index (χ4v) is 4.74. The predicted octanol–water partition coefficient (Wildman–Crippen LogP) is 7.21. The molecule has 0 aliphatic carbocycles. The van der Waals surface area contributed by atoms with Crippen LogP contribution >= 0.6 is 0 Å². The van der Waals surface area contributed by atoms with Gasteiger partial charge in [0.25, 0.3) is 0 Å². The molecule has 0 atom stereocenters. The Morgan fingerprint density at radius 2 is 0.853 bits per heavy atom. The summed E-state index contributed by atoms with van der Waals surface area (Å²) in [5.74, 6) is 0. The lowest BCUT2D eigenvalue weighted by Gasteiger charge is -2.11. The van der Waals surface area contributed by atoms with Gasteiger partial charge in [0.1, 0.15) is 0 Å². The van der Waals surface area contributed by atoms with Gasteiger partial charge >= 0.3 is 0 Å². The summed E-state index contributed by atoms with van der Waals surface area (Å²) >= 11 is 0. The summed E-state index contributed by atoms with van der Waals surface area (Å²) in [6.45, 7) is 0. The van der Waals surface area contributed by atoms with Crippen molar-refractivity contribution < 1.29 is 0 Å². The first kappa shape index (κ1) is 18.8. The van der Waals surface area contributed by atoms with Gasteiger partial charge in [0, 0.05) is 57.5 Å². The monoisotopic (exact) mass is 434 g/mol. The molecular formula is C30H18N4. The lowest BCUT2D eigenvalue weighted by molar-refractivity contribution is 1.33. The van der Waals surface area contributed by atoms with Gasteiger partial charge in [-0.3, -0.25) is 19.9 Å². The van der Waals surface area contributed by atoms with Gasteiger partial charge in [-0.25, -0.2) is 0 Å². The van der Waals surface area contributed by atoms with Crippen molar-refractivity contribution >= 4 is 43.4 Å². The summed E-state index contributed by atoms with van der Waals surface area (Å²) < 4.78 is 0. The van der Waals surface area contributed by atoms with Gasteiger partial charge in [0.05, 0.1) is 22.4 Å². The minimum atomic E-state index is 0.868. The number of hydrogen-bond acceptors (Lipinski definition) is 4. The highest BCUT2D eigenvalue weighted by atomic mass is 14.7. The van der Waals surface area contributed by atoms with E-state index in [0.717, 1.165) is 55.1 Å². The quantitative estimate of drug-likeness (QED) is 0.270. The largest absolute Gasteiger partial charge is 0.256 e. The van der Waals surface area contributed by atoms with E-state index in [-0.39, 0.29) is 0 Å². The first-order valence-corrected chi connectivity index (χ1v) is 11.2. The third-order valence-corrected chi connectivity index (χ3v) is 6.44. The highest BCUT2D eigenvalue weighted by Gasteiger charge is 2.13. The van der Waals surface area contributed by atoms with E-state index in [0.29, 0.717) is 0 Å². The minimum absolute atomic E-state index is 0.868. The van der Waals surface area contributed by atoms with Crippen molar-refractivity contribution in [2.24, 2.45) is 0 Å². The molecule has 4 nitrogen and oxygen atoms in total. The Labute approximate surface area is 195 Å². The second kappa shape index (κ2) is 7.42. The van der Waals surface area contributed by atoms with Crippen LogP contribution in [-0.2, 0) is 0 Å². The first-order chi connectivity index (χ1) is 16.8. The zero-order valence-electron chi connectivity index (χ0n) is 18.2. The van der Waals surface area contributed by atoms with Gasteiger partial charge in [0.2, 0.25) is 0 Å². The summed E-state index contributed by atoms with van der Waals surface area (Å²) in [5.41, 5.74) is 5.69. The van der Waals surface area contributed by atoms with E-state index < -0.39 is 0 Å². The highest BCUT2D eigenvalue weighted by Crippen LogP contribution is 2.35. The number of aromatic nitrogens is 4. The van der Waals surface area contributed by atoms with E-state index in [1.165, 1.54) is 10.8 Å². The Bertz CT molecular complexity index is 1740. The summed E-state index contributed by atoms with van der Waals surface area (Å²) in [4.78, 5) is 19.0. The smallest absolute Gasteiger partial charge is 0.0971 e. The molecule has 0 unspecified atom stereocenters. The van der Waals surface area contributed by atoms with Crippen molar-refractivity contribution in [3.8, 4) is 22.5 Å². The van der Waals surface area contributed by atoms with Gasteiger partial charge in [-0.1, -0.05) is 60.7 Å². The van der Waals surface area contributed by atoms with Crippen LogP contribution in [0.25, 0.3) is 65.9 Å². The predicted molar refractivity (Wildman–Crippen MR) is 139 cm³/mol. The zero-order chi connectivity index (χ0) is 22.5. The van der Waals surface area contributed by atoms with Crippen molar-refractivity contribution in [2.45, 2.75) is 0 Å². The van der Waals surface area contributed by atoms with Gasteiger partial charge in [-0.05, 0) is 35.0 Å². The van der Waals surface area contributed by atoms with E-state index in [1.807, 2.05) is 49.1 Å². The molecular weight excluding hydrogens is 416 g/mol. The average molecular weight is 435 g/mol. The van der Waals surface area contributed by atoms with Crippen molar-refractivity contribution in [3.05, 3.63) is 110 Å². The third-order valence-electron chi connectivity index (χ3n) is 6.44. The van der Waals surface area contributed by atoms with Gasteiger partial charge in [-0.2, -0.15) is 0 Å². The van der Waals surface area contributed by atoms with Crippen molar-refractivity contribution in [2.75, 3.05) is 0 Å². The van der Waals surface area contributed by atoms with Crippen LogP contribution in [0.5, 0.6) is 0 Å². The molecule has 34 heavy (non-hydrogen) atoms. The lowest BCUT2D eigenvalue weighted by Crippen LogP contribution is -1.92. The molecule has 3 aromatic carbocycles. The van der Waals surface area contributed by atoms with E-state index in [1.54, 1.807) is 0 Å². The molecule has 0 spiro atoms. The fraction of sp³-hybridized carbons (Fsp3) is 0. The summed E-state index contributed by atoms with van der Waals surface area (Å²) in [5, 5.41) is 6.67. The third kappa shape index (κ3) is 2.93. The standard InChI is InChI=1S/C30H18N4/c1-3-7-21-17-33-27(15-19(21)5-1)23-11-13-31-29-25(23)9-10-26-24(12-14-32-30(26)29)28-16-20-6-2-4-8-22(20)18-34-28/h1-18H. The molecule has 0 saturated carbocycles. The summed E-state index contributed by atoms with van der Waals surface area (Å²) in [7, 11) is 0. The molecule has 4 heterocycles. The lowest BCUT2D eigenvalue weighted by atomic mass is 9.99. The molecule has 0 fully saturated rings. The van der Waals surface area contributed by atoms with Crippen LogP contribution in [0.4, 0.5) is 0 Å². The van der Waals surface area contributed by atoms with Crippen LogP contribution in [0.1, 0.15) is 0 Å². The number of benzene rings is 3. The maximum absolute atomic E-state index is 4.74. The first-order valence-electron chi connectivity index (χ1n) is 11.2. The van der Waals surface area contributed by atoms with E-state index in [2.05, 4.69) is 60.7 Å². The number of hydrogen-bond donors (Lipinski definition) is 0. The maximum Gasteiger partial charge on any atom is 0.0971 e. The molecule has 4 aromatic heterocycles. The van der Waals surface area contributed by atoms with Gasteiger partial charge in [0.15, 0.2) is 0 Å². The van der Waals surface area contributed by atoms with Crippen LogP contribution in [0, 0.1) is 0 Å². The van der Waals surface area contributed by atoms with Gasteiger partial charge in [-0.15, -0.1) is 0 Å². The molecule has 0 bridgehead atoms. The van der Waals surface area contributed by atoms with Crippen LogP contribution in [0.15, 0.2) is 110 Å². The molecule has 0 aliphatic heterocycles. The Balaban J connectivity index is 1.45. The molecule has 0 saturated heterocycles. The molecule has 0 amide bonds. The number of fused-ring (bicyclic) bond motifs is 5. The molecule has 4 heteroatoms. The SMILES string of the molecule is c1ccc2cc(-c3ccnc4c3ccc3c(-c5cc6ccccc6cn5)ccnc34)ncc2c1. The summed E-state index contributed by atoms with van der Waals surface area (Å²) in [6.07, 6.45) is 7.55. The van der Waals surface area contributed by atoms with Crippen molar-refractivity contribution in [3.63, 3.8) is 0 Å². The van der Waals surface area contributed by atoms with Crippen molar-refractivity contribution in [1.29, 1.82) is 0 Å². The molecule has 0 N–H and O–H groups in total. The number of pyridine rings is 4. The highest BCUT2D eigenvalue weighted by molar-refractivity contribution is 6.11. The van der Waals surface area contributed by atoms with Crippen LogP contribution in [0.2, 0.25) is 0 Å². The van der Waals surface area contributed by atoms with E-state index in [4.69, 9.17) is 19.9 Å². The molecule has 7 rings (SSSR count). The fourth-order valence-electron chi connectivity index (χ4n) is 4.74. The Kier molecular flexibility index (Phi) is 4.11. The molecule has 7 aromatic rings. The normalized spacial score (nSPS) is 11.5. The Morgan fingerprint density at radius 1 is 0.412 bits per heavy atom. The second-order valence-corrected chi connectivity index (χ2v) is 8.41. The average Bonchev–Trinajstić information content (AvgIpc) is 2.91. The minimum Gasteiger partial charge on any atom is -0.256 e. The molecule has 0 radical (unpaired) electrons. The van der Waals surface area contributed by atoms with Gasteiger partial charge < -0.3 is 0 Å². The molecule has 0 aliphatic rings. The maximum atomic E-state index is 4.74. The topological polar surface area (TPSA) is 51.6 Å².